The van der Waals surface area contributed by atoms with E-state index in [-0.39, 0.29) is 5.82 Å². The summed E-state index contributed by atoms with van der Waals surface area (Å²) in [5.41, 5.74) is 5.42. The third-order valence-electron chi connectivity index (χ3n) is 4.04. The minimum absolute atomic E-state index is 0.333. The molecule has 0 saturated heterocycles. The number of anilines is 4. The van der Waals surface area contributed by atoms with Gasteiger partial charge in [-0.3, -0.25) is 10.3 Å². The predicted octanol–water partition coefficient (Wildman–Crippen LogP) is 5.61. The normalized spacial score (nSPS) is 10.7. The molecule has 0 aliphatic carbocycles. The third-order valence-corrected chi connectivity index (χ3v) is 4.84. The van der Waals surface area contributed by atoms with Crippen LogP contribution in [-0.2, 0) is 4.84 Å². The van der Waals surface area contributed by atoms with Crippen LogP contribution in [0.3, 0.4) is 0 Å². The van der Waals surface area contributed by atoms with Gasteiger partial charge in [-0.05, 0) is 60.5 Å². The van der Waals surface area contributed by atoms with Gasteiger partial charge in [-0.2, -0.15) is 0 Å². The Morgan fingerprint density at radius 3 is 2.17 bits per heavy atom. The Morgan fingerprint density at radius 1 is 0.828 bits per heavy atom. The fourth-order valence-corrected chi connectivity index (χ4v) is 3.29. The van der Waals surface area contributed by atoms with Crippen LogP contribution in [0.1, 0.15) is 0 Å². The number of nitrogens with zero attached hydrogens (tertiary/aromatic N) is 2. The number of fused-ring (bicyclic) bond motifs is 1. The standard InChI is InChI=1S/C21H18FN5OS/c1-28-26-14-10-12-15(13-11-14)29-27-21-20(23-17-7-3-2-6-16(17)22)24-18-8-4-5-9-19(18)25-21/h2-13,26H,1H3,(H,23,24)(H,25,27). The van der Waals surface area contributed by atoms with Crippen molar-refractivity contribution in [3.8, 4) is 0 Å². The summed E-state index contributed by atoms with van der Waals surface area (Å²) < 4.78 is 17.3. The quantitative estimate of drug-likeness (QED) is 0.272. The van der Waals surface area contributed by atoms with Crippen LogP contribution in [0.4, 0.5) is 27.4 Å². The second kappa shape index (κ2) is 8.76. The van der Waals surface area contributed by atoms with E-state index in [2.05, 4.69) is 25.5 Å². The number of hydrogen-bond acceptors (Lipinski definition) is 7. The Bertz CT molecular complexity index is 1120. The number of para-hydroxylation sites is 3. The van der Waals surface area contributed by atoms with Gasteiger partial charge in [0.15, 0.2) is 11.6 Å². The lowest BCUT2D eigenvalue weighted by atomic mass is 10.3. The summed E-state index contributed by atoms with van der Waals surface area (Å²) >= 11 is 1.38. The molecule has 3 N–H and O–H groups in total. The van der Waals surface area contributed by atoms with Gasteiger partial charge in [0.05, 0.1) is 29.5 Å². The highest BCUT2D eigenvalue weighted by Gasteiger charge is 2.11. The van der Waals surface area contributed by atoms with Crippen molar-refractivity contribution in [2.45, 2.75) is 4.90 Å². The van der Waals surface area contributed by atoms with Crippen LogP contribution >= 0.6 is 11.9 Å². The SMILES string of the molecule is CONc1ccc(SNc2nc3ccccc3nc2Nc2ccccc2F)cc1. The highest BCUT2D eigenvalue weighted by Crippen LogP contribution is 2.30. The molecule has 0 radical (unpaired) electrons. The molecule has 3 aromatic carbocycles. The first kappa shape index (κ1) is 19.0. The van der Waals surface area contributed by atoms with Gasteiger partial charge in [0.2, 0.25) is 0 Å². The molecular weight excluding hydrogens is 389 g/mol. The summed E-state index contributed by atoms with van der Waals surface area (Å²) in [4.78, 5) is 15.1. The Balaban J connectivity index is 1.61. The molecule has 4 aromatic rings. The van der Waals surface area contributed by atoms with Crippen molar-refractivity contribution in [2.75, 3.05) is 22.6 Å². The fourth-order valence-electron chi connectivity index (χ4n) is 2.66. The molecule has 0 fully saturated rings. The predicted molar refractivity (Wildman–Crippen MR) is 116 cm³/mol. The van der Waals surface area contributed by atoms with Crippen LogP contribution in [0, 0.1) is 5.82 Å². The van der Waals surface area contributed by atoms with Crippen molar-refractivity contribution < 1.29 is 9.23 Å². The van der Waals surface area contributed by atoms with Crippen molar-refractivity contribution in [3.63, 3.8) is 0 Å². The van der Waals surface area contributed by atoms with Crippen molar-refractivity contribution in [2.24, 2.45) is 0 Å². The molecule has 4 rings (SSSR count). The number of aromatic nitrogens is 2. The molecule has 0 aliphatic heterocycles. The maximum atomic E-state index is 14.1. The first-order valence-corrected chi connectivity index (χ1v) is 9.65. The number of rotatable bonds is 7. The van der Waals surface area contributed by atoms with Crippen molar-refractivity contribution in [3.05, 3.63) is 78.6 Å². The molecule has 0 aliphatic rings. The second-order valence-corrected chi connectivity index (χ2v) is 6.93. The topological polar surface area (TPSA) is 71.1 Å². The molecule has 0 amide bonds. The van der Waals surface area contributed by atoms with Crippen LogP contribution in [0.25, 0.3) is 11.0 Å². The molecule has 1 heterocycles. The number of hydrogen-bond donors (Lipinski definition) is 3. The fraction of sp³-hybridized carbons (Fsp3) is 0.0476. The van der Waals surface area contributed by atoms with Crippen LogP contribution < -0.4 is 15.5 Å². The van der Waals surface area contributed by atoms with Gasteiger partial charge in [-0.25, -0.2) is 14.4 Å². The van der Waals surface area contributed by atoms with E-state index < -0.39 is 0 Å². The Hall–Kier alpha value is -3.36. The summed E-state index contributed by atoms with van der Waals surface area (Å²) in [7, 11) is 1.56. The molecule has 0 saturated carbocycles. The van der Waals surface area contributed by atoms with E-state index in [9.17, 15) is 4.39 Å². The highest BCUT2D eigenvalue weighted by atomic mass is 32.2. The highest BCUT2D eigenvalue weighted by molar-refractivity contribution is 8.00. The molecule has 29 heavy (non-hydrogen) atoms. The molecule has 6 nitrogen and oxygen atoms in total. The first-order chi connectivity index (χ1) is 14.2. The van der Waals surface area contributed by atoms with Gasteiger partial charge in [0, 0.05) is 4.90 Å². The molecule has 0 bridgehead atoms. The minimum Gasteiger partial charge on any atom is -0.335 e. The first-order valence-electron chi connectivity index (χ1n) is 8.83. The van der Waals surface area contributed by atoms with Crippen LogP contribution in [0.5, 0.6) is 0 Å². The van der Waals surface area contributed by atoms with E-state index in [1.165, 1.54) is 18.0 Å². The number of nitrogens with one attached hydrogen (secondary N) is 3. The van der Waals surface area contributed by atoms with Gasteiger partial charge in [-0.15, -0.1) is 0 Å². The van der Waals surface area contributed by atoms with E-state index in [1.54, 1.807) is 25.3 Å². The summed E-state index contributed by atoms with van der Waals surface area (Å²) in [6, 6.07) is 21.7. The van der Waals surface area contributed by atoms with Crippen molar-refractivity contribution in [1.82, 2.24) is 9.97 Å². The van der Waals surface area contributed by atoms with Gasteiger partial charge < -0.3 is 10.0 Å². The molecule has 0 spiro atoms. The lowest BCUT2D eigenvalue weighted by Gasteiger charge is -2.13. The van der Waals surface area contributed by atoms with Crippen molar-refractivity contribution >= 4 is 46.0 Å². The summed E-state index contributed by atoms with van der Waals surface area (Å²) in [5, 5.41) is 3.04. The Kier molecular flexibility index (Phi) is 5.73. The Labute approximate surface area is 171 Å². The Morgan fingerprint density at radius 2 is 1.48 bits per heavy atom. The van der Waals surface area contributed by atoms with E-state index in [0.717, 1.165) is 21.6 Å². The van der Waals surface area contributed by atoms with Crippen LogP contribution in [0.15, 0.2) is 77.7 Å². The van der Waals surface area contributed by atoms with E-state index in [4.69, 9.17) is 4.84 Å². The number of halogens is 1. The zero-order valence-electron chi connectivity index (χ0n) is 15.5. The smallest absolute Gasteiger partial charge is 0.180 e. The van der Waals surface area contributed by atoms with E-state index in [0.29, 0.717) is 17.3 Å². The second-order valence-electron chi connectivity index (χ2n) is 6.05. The number of benzene rings is 3. The van der Waals surface area contributed by atoms with Crippen molar-refractivity contribution in [1.29, 1.82) is 0 Å². The van der Waals surface area contributed by atoms with Gasteiger partial charge in [0.1, 0.15) is 5.82 Å². The lowest BCUT2D eigenvalue weighted by Crippen LogP contribution is -2.03. The maximum Gasteiger partial charge on any atom is 0.180 e. The molecule has 0 atom stereocenters. The van der Waals surface area contributed by atoms with Crippen LogP contribution in [-0.4, -0.2) is 17.1 Å². The largest absolute Gasteiger partial charge is 0.335 e. The monoisotopic (exact) mass is 407 g/mol. The lowest BCUT2D eigenvalue weighted by molar-refractivity contribution is 0.271. The molecule has 0 unspecified atom stereocenters. The van der Waals surface area contributed by atoms with Crippen LogP contribution in [0.2, 0.25) is 0 Å². The van der Waals surface area contributed by atoms with Gasteiger partial charge >= 0.3 is 0 Å². The molecule has 146 valence electrons. The average molecular weight is 407 g/mol. The van der Waals surface area contributed by atoms with E-state index in [1.807, 2.05) is 48.5 Å². The zero-order valence-corrected chi connectivity index (χ0v) is 16.3. The molecular formula is C21H18FN5OS. The molecule has 8 heteroatoms. The van der Waals surface area contributed by atoms with Gasteiger partial charge in [-0.1, -0.05) is 24.3 Å². The molecule has 1 aromatic heterocycles. The summed E-state index contributed by atoms with van der Waals surface area (Å²) in [6.07, 6.45) is 0. The zero-order chi connectivity index (χ0) is 20.1. The third kappa shape index (κ3) is 4.56. The minimum atomic E-state index is -0.359. The van der Waals surface area contributed by atoms with Gasteiger partial charge in [0.25, 0.3) is 0 Å². The summed E-state index contributed by atoms with van der Waals surface area (Å²) in [5.74, 6) is 0.595. The summed E-state index contributed by atoms with van der Waals surface area (Å²) in [6.45, 7) is 0. The average Bonchev–Trinajstić information content (AvgIpc) is 2.75. The maximum absolute atomic E-state index is 14.1. The van der Waals surface area contributed by atoms with E-state index >= 15 is 0 Å².